The summed E-state index contributed by atoms with van der Waals surface area (Å²) in [6.45, 7) is 0.616. The first-order chi connectivity index (χ1) is 8.36. The maximum atomic E-state index is 11.7. The molecule has 0 aliphatic rings. The molecule has 4 nitrogen and oxygen atoms in total. The number of nitrogens with one attached hydrogen (secondary N) is 1. The van der Waals surface area contributed by atoms with Crippen LogP contribution in [0, 0.1) is 0 Å². The summed E-state index contributed by atoms with van der Waals surface area (Å²) in [6, 6.07) is 11.7. The van der Waals surface area contributed by atoms with Crippen molar-refractivity contribution in [2.24, 2.45) is 0 Å². The Morgan fingerprint density at radius 2 is 1.94 bits per heavy atom. The van der Waals surface area contributed by atoms with Gasteiger partial charge in [-0.05, 0) is 18.1 Å². The summed E-state index contributed by atoms with van der Waals surface area (Å²) in [5.74, 6) is -0.115. The lowest BCUT2D eigenvalue weighted by atomic mass is 10.1. The second-order valence-corrected chi connectivity index (χ2v) is 3.62. The molecule has 0 fully saturated rings. The van der Waals surface area contributed by atoms with Crippen LogP contribution >= 0.6 is 0 Å². The summed E-state index contributed by atoms with van der Waals surface area (Å²) in [7, 11) is 0. The van der Waals surface area contributed by atoms with Crippen molar-refractivity contribution in [2.75, 3.05) is 6.54 Å². The highest BCUT2D eigenvalue weighted by molar-refractivity contribution is 5.93. The number of rotatable bonds is 4. The van der Waals surface area contributed by atoms with E-state index in [0.29, 0.717) is 12.1 Å². The lowest BCUT2D eigenvalue weighted by Crippen LogP contribution is -2.25. The third-order valence-electron chi connectivity index (χ3n) is 2.39. The van der Waals surface area contributed by atoms with E-state index in [4.69, 9.17) is 0 Å². The van der Waals surface area contributed by atoms with Crippen LogP contribution in [0.3, 0.4) is 0 Å². The van der Waals surface area contributed by atoms with Crippen LogP contribution in [0.2, 0.25) is 0 Å². The molecule has 0 bridgehead atoms. The topological polar surface area (TPSA) is 54.9 Å². The van der Waals surface area contributed by atoms with Gasteiger partial charge in [-0.1, -0.05) is 30.3 Å². The van der Waals surface area contributed by atoms with Crippen molar-refractivity contribution in [1.82, 2.24) is 15.5 Å². The Morgan fingerprint density at radius 3 is 2.65 bits per heavy atom. The van der Waals surface area contributed by atoms with Crippen LogP contribution in [0.4, 0.5) is 0 Å². The first kappa shape index (κ1) is 11.3. The standard InChI is InChI=1S/C13H13N3O/c17-13(12-7-9-15-16-10-12)14-8-6-11-4-2-1-3-5-11/h1-5,7,9-10H,6,8H2,(H,14,17). The Labute approximate surface area is 99.7 Å². The fourth-order valence-corrected chi connectivity index (χ4v) is 1.49. The minimum atomic E-state index is -0.115. The number of benzene rings is 1. The van der Waals surface area contributed by atoms with E-state index in [1.54, 1.807) is 6.07 Å². The van der Waals surface area contributed by atoms with Crippen LogP contribution in [-0.4, -0.2) is 22.6 Å². The molecule has 1 amide bonds. The van der Waals surface area contributed by atoms with E-state index in [-0.39, 0.29) is 5.91 Å². The van der Waals surface area contributed by atoms with Crippen LogP contribution in [-0.2, 0) is 6.42 Å². The fraction of sp³-hybridized carbons (Fsp3) is 0.154. The smallest absolute Gasteiger partial charge is 0.252 e. The Balaban J connectivity index is 1.82. The lowest BCUT2D eigenvalue weighted by molar-refractivity contribution is 0.0953. The fourth-order valence-electron chi connectivity index (χ4n) is 1.49. The summed E-state index contributed by atoms with van der Waals surface area (Å²) >= 11 is 0. The summed E-state index contributed by atoms with van der Waals surface area (Å²) in [4.78, 5) is 11.7. The minimum absolute atomic E-state index is 0.115. The largest absolute Gasteiger partial charge is 0.352 e. The van der Waals surface area contributed by atoms with E-state index in [0.717, 1.165) is 6.42 Å². The van der Waals surface area contributed by atoms with Gasteiger partial charge in [0.15, 0.2) is 0 Å². The molecular weight excluding hydrogens is 214 g/mol. The number of carbonyl (C=O) groups is 1. The molecule has 0 atom stereocenters. The van der Waals surface area contributed by atoms with Gasteiger partial charge in [-0.15, -0.1) is 0 Å². The third-order valence-corrected chi connectivity index (χ3v) is 2.39. The summed E-state index contributed by atoms with van der Waals surface area (Å²) in [5, 5.41) is 10.1. The van der Waals surface area contributed by atoms with E-state index in [2.05, 4.69) is 15.5 Å². The maximum absolute atomic E-state index is 11.7. The van der Waals surface area contributed by atoms with Crippen molar-refractivity contribution in [3.63, 3.8) is 0 Å². The molecular formula is C13H13N3O. The lowest BCUT2D eigenvalue weighted by Gasteiger charge is -2.04. The number of nitrogens with zero attached hydrogens (tertiary/aromatic N) is 2. The molecule has 1 aromatic carbocycles. The third kappa shape index (κ3) is 3.38. The summed E-state index contributed by atoms with van der Waals surface area (Å²) < 4.78 is 0. The number of amides is 1. The number of hydrogen-bond donors (Lipinski definition) is 1. The van der Waals surface area contributed by atoms with E-state index < -0.39 is 0 Å². The second kappa shape index (κ2) is 5.75. The van der Waals surface area contributed by atoms with Gasteiger partial charge in [0.25, 0.3) is 5.91 Å². The molecule has 0 saturated heterocycles. The molecule has 1 aromatic heterocycles. The molecule has 0 aliphatic heterocycles. The highest BCUT2D eigenvalue weighted by atomic mass is 16.1. The maximum Gasteiger partial charge on any atom is 0.252 e. The van der Waals surface area contributed by atoms with E-state index in [1.807, 2.05) is 30.3 Å². The van der Waals surface area contributed by atoms with Gasteiger partial charge >= 0.3 is 0 Å². The Morgan fingerprint density at radius 1 is 1.12 bits per heavy atom. The van der Waals surface area contributed by atoms with Gasteiger partial charge in [-0.3, -0.25) is 4.79 Å². The Hall–Kier alpha value is -2.23. The van der Waals surface area contributed by atoms with Crippen LogP contribution in [0.5, 0.6) is 0 Å². The molecule has 4 heteroatoms. The van der Waals surface area contributed by atoms with Gasteiger partial charge < -0.3 is 5.32 Å². The van der Waals surface area contributed by atoms with Gasteiger partial charge in [0.1, 0.15) is 0 Å². The first-order valence-corrected chi connectivity index (χ1v) is 5.45. The molecule has 2 rings (SSSR count). The molecule has 0 spiro atoms. The van der Waals surface area contributed by atoms with Gasteiger partial charge in [-0.25, -0.2) is 0 Å². The molecule has 17 heavy (non-hydrogen) atoms. The monoisotopic (exact) mass is 227 g/mol. The van der Waals surface area contributed by atoms with Gasteiger partial charge in [0.2, 0.25) is 0 Å². The average Bonchev–Trinajstić information content (AvgIpc) is 2.41. The van der Waals surface area contributed by atoms with Gasteiger partial charge in [-0.2, -0.15) is 10.2 Å². The molecule has 86 valence electrons. The van der Waals surface area contributed by atoms with Crippen LogP contribution in [0.25, 0.3) is 0 Å². The van der Waals surface area contributed by atoms with Crippen molar-refractivity contribution < 1.29 is 4.79 Å². The molecule has 2 aromatic rings. The SMILES string of the molecule is O=C(NCCc1ccccc1)c1ccnnc1. The van der Waals surface area contributed by atoms with Crippen LogP contribution in [0.1, 0.15) is 15.9 Å². The zero-order chi connectivity index (χ0) is 11.9. The second-order valence-electron chi connectivity index (χ2n) is 3.62. The van der Waals surface area contributed by atoms with Crippen molar-refractivity contribution in [3.8, 4) is 0 Å². The average molecular weight is 227 g/mol. The predicted octanol–water partition coefficient (Wildman–Crippen LogP) is 1.45. The van der Waals surface area contributed by atoms with E-state index >= 15 is 0 Å². The van der Waals surface area contributed by atoms with Gasteiger partial charge in [0, 0.05) is 6.54 Å². The molecule has 0 saturated carbocycles. The molecule has 0 radical (unpaired) electrons. The van der Waals surface area contributed by atoms with Crippen molar-refractivity contribution in [2.45, 2.75) is 6.42 Å². The normalized spacial score (nSPS) is 9.88. The van der Waals surface area contributed by atoms with Gasteiger partial charge in [0.05, 0.1) is 18.0 Å². The highest BCUT2D eigenvalue weighted by Crippen LogP contribution is 1.99. The Bertz CT molecular complexity index is 471. The molecule has 0 aliphatic carbocycles. The highest BCUT2D eigenvalue weighted by Gasteiger charge is 2.03. The van der Waals surface area contributed by atoms with Crippen molar-refractivity contribution in [3.05, 3.63) is 59.9 Å². The zero-order valence-corrected chi connectivity index (χ0v) is 9.34. The Kier molecular flexibility index (Phi) is 3.81. The van der Waals surface area contributed by atoms with Crippen molar-refractivity contribution >= 4 is 5.91 Å². The summed E-state index contributed by atoms with van der Waals surface area (Å²) in [5.41, 5.74) is 1.74. The first-order valence-electron chi connectivity index (χ1n) is 5.45. The molecule has 0 unspecified atom stereocenters. The van der Waals surface area contributed by atoms with Crippen LogP contribution < -0.4 is 5.32 Å². The van der Waals surface area contributed by atoms with E-state index in [9.17, 15) is 4.79 Å². The quantitative estimate of drug-likeness (QED) is 0.860. The zero-order valence-electron chi connectivity index (χ0n) is 9.34. The summed E-state index contributed by atoms with van der Waals surface area (Å²) in [6.07, 6.45) is 3.79. The molecule has 1 N–H and O–H groups in total. The predicted molar refractivity (Wildman–Crippen MR) is 64.5 cm³/mol. The van der Waals surface area contributed by atoms with Crippen molar-refractivity contribution in [1.29, 1.82) is 0 Å². The van der Waals surface area contributed by atoms with E-state index in [1.165, 1.54) is 18.0 Å². The number of hydrogen-bond acceptors (Lipinski definition) is 3. The number of carbonyl (C=O) groups excluding carboxylic acids is 1. The minimum Gasteiger partial charge on any atom is -0.352 e. The molecule has 1 heterocycles. The van der Waals surface area contributed by atoms with Crippen LogP contribution in [0.15, 0.2) is 48.8 Å². The number of aromatic nitrogens is 2.